The van der Waals surface area contributed by atoms with Crippen LogP contribution in [0.1, 0.15) is 63.9 Å². The number of hydrogen-bond acceptors (Lipinski definition) is 3. The summed E-state index contributed by atoms with van der Waals surface area (Å²) in [5.74, 6) is -0.981. The summed E-state index contributed by atoms with van der Waals surface area (Å²) >= 11 is 0. The Balaban J connectivity index is 1.72. The molecule has 4 rings (SSSR count). The summed E-state index contributed by atoms with van der Waals surface area (Å²) in [5, 5.41) is 11.8. The molecule has 3 heteroatoms. The van der Waals surface area contributed by atoms with Gasteiger partial charge in [0.15, 0.2) is 5.79 Å². The van der Waals surface area contributed by atoms with Crippen LogP contribution in [0.5, 0.6) is 0 Å². The molecule has 3 nitrogen and oxygen atoms in total. The van der Waals surface area contributed by atoms with Gasteiger partial charge in [-0.2, -0.15) is 0 Å². The number of hydrogen-bond donors (Lipinski definition) is 1. The normalized spacial score (nSPS) is 38.1. The molecule has 0 radical (unpaired) electrons. The quantitative estimate of drug-likeness (QED) is 0.551. The second-order valence-corrected chi connectivity index (χ2v) is 9.37. The van der Waals surface area contributed by atoms with Crippen LogP contribution >= 0.6 is 0 Å². The zero-order valence-corrected chi connectivity index (χ0v) is 17.4. The van der Waals surface area contributed by atoms with Crippen molar-refractivity contribution in [3.05, 3.63) is 48.0 Å². The summed E-state index contributed by atoms with van der Waals surface area (Å²) < 4.78 is 5.79. The predicted octanol–water partition coefficient (Wildman–Crippen LogP) is 5.08. The number of ether oxygens (including phenoxy) is 1. The Morgan fingerprint density at radius 3 is 2.50 bits per heavy atom. The first-order valence-electron chi connectivity index (χ1n) is 11.0. The number of carbonyl (C=O) groups excluding carboxylic acids is 1. The Morgan fingerprint density at radius 2 is 1.86 bits per heavy atom. The standard InChI is InChI=1S/C25H34O3/c1-18-21-16-17-24(25(21,27)28-3,23(18,2)20-12-8-5-9-13-20)22(26)15-14-19-10-6-4-7-11-19/h4,6-7,10-11,20-21,27H,1,5,8-9,12-17H2,2-3H3. The highest BCUT2D eigenvalue weighted by atomic mass is 16.6. The highest BCUT2D eigenvalue weighted by Crippen LogP contribution is 2.75. The molecule has 3 aliphatic rings. The van der Waals surface area contributed by atoms with Gasteiger partial charge in [0, 0.05) is 24.9 Å². The van der Waals surface area contributed by atoms with Crippen LogP contribution in [-0.4, -0.2) is 23.8 Å². The average Bonchev–Trinajstić information content (AvgIpc) is 3.12. The van der Waals surface area contributed by atoms with E-state index in [9.17, 15) is 9.90 Å². The van der Waals surface area contributed by atoms with Crippen molar-refractivity contribution in [3.8, 4) is 0 Å². The lowest BCUT2D eigenvalue weighted by Gasteiger charge is -2.52. The third kappa shape index (κ3) is 2.45. The largest absolute Gasteiger partial charge is 0.364 e. The summed E-state index contributed by atoms with van der Waals surface area (Å²) in [4.78, 5) is 13.9. The first kappa shape index (κ1) is 19.8. The maximum atomic E-state index is 13.9. The van der Waals surface area contributed by atoms with Crippen LogP contribution in [0.15, 0.2) is 42.5 Å². The van der Waals surface area contributed by atoms with Crippen LogP contribution in [0.2, 0.25) is 0 Å². The predicted molar refractivity (Wildman–Crippen MR) is 111 cm³/mol. The fourth-order valence-electron chi connectivity index (χ4n) is 7.06. The second kappa shape index (κ2) is 7.11. The number of carbonyl (C=O) groups is 1. The summed E-state index contributed by atoms with van der Waals surface area (Å²) in [5.41, 5.74) is 0.976. The molecule has 1 aromatic rings. The molecule has 1 N–H and O–H groups in total. The lowest BCUT2D eigenvalue weighted by Crippen LogP contribution is -2.58. The van der Waals surface area contributed by atoms with E-state index in [0.29, 0.717) is 25.2 Å². The summed E-state index contributed by atoms with van der Waals surface area (Å²) in [6.07, 6.45) is 8.58. The molecule has 4 atom stereocenters. The van der Waals surface area contributed by atoms with Crippen LogP contribution in [0.25, 0.3) is 0 Å². The molecular formula is C25H34O3. The molecule has 0 spiro atoms. The molecule has 0 aliphatic heterocycles. The molecule has 152 valence electrons. The molecule has 0 amide bonds. The zero-order chi connectivity index (χ0) is 20.0. The van der Waals surface area contributed by atoms with E-state index in [1.54, 1.807) is 7.11 Å². The number of ketones is 1. The van der Waals surface area contributed by atoms with Crippen molar-refractivity contribution in [1.29, 1.82) is 0 Å². The molecule has 28 heavy (non-hydrogen) atoms. The lowest BCUT2D eigenvalue weighted by molar-refractivity contribution is -0.258. The molecule has 3 saturated carbocycles. The molecule has 0 saturated heterocycles. The van der Waals surface area contributed by atoms with Crippen molar-refractivity contribution in [3.63, 3.8) is 0 Å². The maximum absolute atomic E-state index is 13.9. The van der Waals surface area contributed by atoms with Gasteiger partial charge < -0.3 is 9.84 Å². The topological polar surface area (TPSA) is 46.5 Å². The second-order valence-electron chi connectivity index (χ2n) is 9.37. The Kier molecular flexibility index (Phi) is 5.04. The first-order valence-corrected chi connectivity index (χ1v) is 11.0. The van der Waals surface area contributed by atoms with Gasteiger partial charge in [0.25, 0.3) is 0 Å². The maximum Gasteiger partial charge on any atom is 0.185 e. The van der Waals surface area contributed by atoms with E-state index in [1.165, 1.54) is 24.8 Å². The Hall–Kier alpha value is -1.45. The molecule has 4 unspecified atom stereocenters. The monoisotopic (exact) mass is 382 g/mol. The average molecular weight is 383 g/mol. The summed E-state index contributed by atoms with van der Waals surface area (Å²) in [7, 11) is 1.57. The highest BCUT2D eigenvalue weighted by Gasteiger charge is 2.79. The van der Waals surface area contributed by atoms with E-state index < -0.39 is 11.2 Å². The fraction of sp³-hybridized carbons (Fsp3) is 0.640. The van der Waals surface area contributed by atoms with E-state index in [0.717, 1.165) is 24.8 Å². The van der Waals surface area contributed by atoms with Crippen molar-refractivity contribution in [2.75, 3.05) is 7.11 Å². The molecule has 3 fully saturated rings. The van der Waals surface area contributed by atoms with Gasteiger partial charge in [0.05, 0.1) is 5.41 Å². The lowest BCUT2D eigenvalue weighted by atomic mass is 9.51. The molecular weight excluding hydrogens is 348 g/mol. The van der Waals surface area contributed by atoms with E-state index in [2.05, 4.69) is 25.6 Å². The van der Waals surface area contributed by atoms with E-state index >= 15 is 0 Å². The van der Waals surface area contributed by atoms with E-state index in [-0.39, 0.29) is 17.1 Å². The number of aliphatic hydroxyl groups is 1. The van der Waals surface area contributed by atoms with Gasteiger partial charge in [0.1, 0.15) is 5.78 Å². The van der Waals surface area contributed by atoms with Crippen LogP contribution < -0.4 is 0 Å². The van der Waals surface area contributed by atoms with Gasteiger partial charge in [0.2, 0.25) is 0 Å². The van der Waals surface area contributed by atoms with Crippen LogP contribution in [-0.2, 0) is 16.0 Å². The van der Waals surface area contributed by atoms with Crippen molar-refractivity contribution in [2.45, 2.75) is 70.5 Å². The molecule has 0 heterocycles. The van der Waals surface area contributed by atoms with Gasteiger partial charge in [-0.1, -0.05) is 68.7 Å². The Labute approximate surface area is 169 Å². The first-order chi connectivity index (χ1) is 13.4. The van der Waals surface area contributed by atoms with Gasteiger partial charge >= 0.3 is 0 Å². The zero-order valence-electron chi connectivity index (χ0n) is 17.4. The van der Waals surface area contributed by atoms with Gasteiger partial charge in [-0.25, -0.2) is 0 Å². The number of benzene rings is 1. The van der Waals surface area contributed by atoms with Crippen LogP contribution in [0.3, 0.4) is 0 Å². The molecule has 2 bridgehead atoms. The number of rotatable bonds is 6. The molecule has 3 aliphatic carbocycles. The minimum absolute atomic E-state index is 0.134. The van der Waals surface area contributed by atoms with Crippen molar-refractivity contribution < 1.29 is 14.6 Å². The summed E-state index contributed by atoms with van der Waals surface area (Å²) in [6, 6.07) is 10.2. The number of fused-ring (bicyclic) bond motifs is 2. The minimum Gasteiger partial charge on any atom is -0.364 e. The van der Waals surface area contributed by atoms with E-state index in [4.69, 9.17) is 4.74 Å². The minimum atomic E-state index is -1.41. The Bertz CT molecular complexity index is 750. The fourth-order valence-corrected chi connectivity index (χ4v) is 7.06. The number of Topliss-reactive ketones (excluding diaryl/α,β-unsaturated/α-hetero) is 1. The third-order valence-electron chi connectivity index (χ3n) is 8.56. The molecule has 1 aromatic carbocycles. The smallest absolute Gasteiger partial charge is 0.185 e. The highest BCUT2D eigenvalue weighted by molar-refractivity contribution is 5.89. The van der Waals surface area contributed by atoms with Gasteiger partial charge in [-0.3, -0.25) is 4.79 Å². The molecule has 0 aromatic heterocycles. The van der Waals surface area contributed by atoms with E-state index in [1.807, 2.05) is 18.2 Å². The van der Waals surface area contributed by atoms with Crippen LogP contribution in [0.4, 0.5) is 0 Å². The van der Waals surface area contributed by atoms with Crippen molar-refractivity contribution in [1.82, 2.24) is 0 Å². The SMILES string of the molecule is C=C1C2CCC(C(=O)CCc3ccccc3)(C2(O)OC)C1(C)C1CCCCC1. The van der Waals surface area contributed by atoms with Crippen LogP contribution in [0, 0.1) is 22.7 Å². The Morgan fingerprint density at radius 1 is 1.18 bits per heavy atom. The summed E-state index contributed by atoms with van der Waals surface area (Å²) in [6.45, 7) is 6.68. The van der Waals surface area contributed by atoms with Gasteiger partial charge in [-0.05, 0) is 43.6 Å². The number of aryl methyl sites for hydroxylation is 1. The third-order valence-corrected chi connectivity index (χ3v) is 8.56. The van der Waals surface area contributed by atoms with Gasteiger partial charge in [-0.15, -0.1) is 0 Å². The van der Waals surface area contributed by atoms with Crippen molar-refractivity contribution >= 4 is 5.78 Å². The van der Waals surface area contributed by atoms with Crippen molar-refractivity contribution in [2.24, 2.45) is 22.7 Å². The number of methoxy groups -OCH3 is 1.